The molecule has 7 atom stereocenters. The van der Waals surface area contributed by atoms with E-state index in [0.717, 1.165) is 44.9 Å². The van der Waals surface area contributed by atoms with Crippen LogP contribution in [0.5, 0.6) is 0 Å². The van der Waals surface area contributed by atoms with E-state index in [2.05, 4.69) is 30.5 Å². The molecule has 0 aromatic heterocycles. The smallest absolute Gasteiger partial charge is 0.220 e. The zero-order chi connectivity index (χ0) is 49.4. The highest BCUT2D eigenvalue weighted by Gasteiger charge is 2.44. The molecule has 1 aliphatic rings. The van der Waals surface area contributed by atoms with Gasteiger partial charge in [-0.2, -0.15) is 0 Å². The van der Waals surface area contributed by atoms with E-state index in [1.807, 2.05) is 19.1 Å². The van der Waals surface area contributed by atoms with Gasteiger partial charge in [-0.1, -0.05) is 268 Å². The van der Waals surface area contributed by atoms with Crippen molar-refractivity contribution in [2.45, 2.75) is 320 Å². The zero-order valence-electron chi connectivity index (χ0n) is 44.4. The number of carbonyl (C=O) groups excluding carboxylic acids is 1. The van der Waals surface area contributed by atoms with Crippen molar-refractivity contribution in [2.24, 2.45) is 0 Å². The van der Waals surface area contributed by atoms with Gasteiger partial charge < -0.3 is 40.3 Å². The Morgan fingerprint density at radius 3 is 1.24 bits per heavy atom. The van der Waals surface area contributed by atoms with Crippen LogP contribution in [-0.4, -0.2) is 87.5 Å². The predicted molar refractivity (Wildman–Crippen MR) is 286 cm³/mol. The van der Waals surface area contributed by atoms with Crippen molar-refractivity contribution in [2.75, 3.05) is 13.2 Å². The highest BCUT2D eigenvalue weighted by molar-refractivity contribution is 5.76. The Labute approximate surface area is 419 Å². The largest absolute Gasteiger partial charge is 0.394 e. The predicted octanol–water partition coefficient (Wildman–Crippen LogP) is 14.4. The van der Waals surface area contributed by atoms with Crippen LogP contribution < -0.4 is 5.32 Å². The minimum atomic E-state index is -1.57. The van der Waals surface area contributed by atoms with Crippen molar-refractivity contribution >= 4 is 5.91 Å². The molecule has 0 aromatic carbocycles. The molecule has 1 aliphatic heterocycles. The summed E-state index contributed by atoms with van der Waals surface area (Å²) in [6.07, 6.45) is 57.2. The molecule has 0 spiro atoms. The number of allylic oxidation sites excluding steroid dienone is 5. The lowest BCUT2D eigenvalue weighted by Crippen LogP contribution is -2.60. The van der Waals surface area contributed by atoms with Crippen molar-refractivity contribution in [3.05, 3.63) is 36.5 Å². The van der Waals surface area contributed by atoms with Gasteiger partial charge in [-0.25, -0.2) is 0 Å². The van der Waals surface area contributed by atoms with Crippen LogP contribution in [0.25, 0.3) is 0 Å². The molecule has 0 radical (unpaired) electrons. The molecule has 1 heterocycles. The topological polar surface area (TPSA) is 149 Å². The highest BCUT2D eigenvalue weighted by atomic mass is 16.7. The molecule has 1 rings (SSSR count). The monoisotopic (exact) mass is 962 g/mol. The van der Waals surface area contributed by atoms with Crippen LogP contribution in [0, 0.1) is 0 Å². The summed E-state index contributed by atoms with van der Waals surface area (Å²) in [6, 6.07) is -0.824. The first-order valence-electron chi connectivity index (χ1n) is 29.2. The molecule has 9 heteroatoms. The third kappa shape index (κ3) is 38.1. The van der Waals surface area contributed by atoms with Gasteiger partial charge in [-0.15, -0.1) is 0 Å². The SMILES string of the molecule is C/C=C/CC/C=C/CC/C=C/C(O)C(COC1OC(CO)C(O)C(O)C1O)NC(=O)CCCCCCCCCCCCCCCCCCCCCCCCCCCCCCCCCCCCCC. The summed E-state index contributed by atoms with van der Waals surface area (Å²) in [4.78, 5) is 13.0. The maximum atomic E-state index is 13.0. The molecular formula is C59H111NO8. The van der Waals surface area contributed by atoms with Gasteiger partial charge in [-0.05, 0) is 39.0 Å². The number of unbranched alkanes of at least 4 members (excludes halogenated alkanes) is 37. The third-order valence-electron chi connectivity index (χ3n) is 14.0. The minimum absolute atomic E-state index is 0.190. The lowest BCUT2D eigenvalue weighted by Gasteiger charge is -2.40. The summed E-state index contributed by atoms with van der Waals surface area (Å²) in [5.74, 6) is -0.190. The number of aliphatic hydroxyl groups excluding tert-OH is 5. The number of hydrogen-bond acceptors (Lipinski definition) is 8. The average molecular weight is 963 g/mol. The highest BCUT2D eigenvalue weighted by Crippen LogP contribution is 2.23. The van der Waals surface area contributed by atoms with Crippen molar-refractivity contribution < 1.29 is 39.8 Å². The number of rotatable bonds is 50. The molecular weight excluding hydrogens is 851 g/mol. The Morgan fingerprint density at radius 2 is 0.868 bits per heavy atom. The van der Waals surface area contributed by atoms with E-state index in [9.17, 15) is 30.3 Å². The quantitative estimate of drug-likeness (QED) is 0.0261. The van der Waals surface area contributed by atoms with Crippen molar-refractivity contribution in [3.8, 4) is 0 Å². The number of aliphatic hydroxyl groups is 5. The Morgan fingerprint density at radius 1 is 0.515 bits per heavy atom. The number of carbonyl (C=O) groups is 1. The van der Waals surface area contributed by atoms with E-state index in [-0.39, 0.29) is 12.5 Å². The molecule has 400 valence electrons. The summed E-state index contributed by atoms with van der Waals surface area (Å²) in [6.45, 7) is 3.54. The standard InChI is InChI=1S/C59H111NO8/c1-3-5-7-9-11-13-14-15-16-17-18-19-20-21-22-23-24-25-26-27-28-29-30-31-32-33-34-35-36-37-38-39-41-43-45-47-49-55(63)60-52(53(62)48-46-44-42-40-12-10-8-6-4-2)51-67-59-58(66)57(65)56(64)54(50-61)68-59/h4,6,12,40,46,48,52-54,56-59,61-62,64-66H,3,5,7-11,13-39,41-45,47,49-51H2,1-2H3,(H,60,63)/b6-4+,40-12+,48-46+. The van der Waals surface area contributed by atoms with Crippen LogP contribution in [0.3, 0.4) is 0 Å². The number of amides is 1. The molecule has 1 saturated heterocycles. The van der Waals surface area contributed by atoms with Crippen LogP contribution in [0.1, 0.15) is 277 Å². The lowest BCUT2D eigenvalue weighted by atomic mass is 9.99. The van der Waals surface area contributed by atoms with Gasteiger partial charge in [0.1, 0.15) is 24.4 Å². The fourth-order valence-electron chi connectivity index (χ4n) is 9.43. The fraction of sp³-hybridized carbons (Fsp3) is 0.881. The maximum absolute atomic E-state index is 13.0. The first-order valence-corrected chi connectivity index (χ1v) is 29.2. The molecule has 9 nitrogen and oxygen atoms in total. The average Bonchev–Trinajstić information content (AvgIpc) is 3.34. The second-order valence-corrected chi connectivity index (χ2v) is 20.4. The van der Waals surface area contributed by atoms with E-state index in [4.69, 9.17) is 9.47 Å². The van der Waals surface area contributed by atoms with Crippen molar-refractivity contribution in [1.82, 2.24) is 5.32 Å². The number of nitrogens with one attached hydrogen (secondary N) is 1. The maximum Gasteiger partial charge on any atom is 0.220 e. The van der Waals surface area contributed by atoms with Gasteiger partial charge in [0.2, 0.25) is 5.91 Å². The van der Waals surface area contributed by atoms with Gasteiger partial charge in [0, 0.05) is 6.42 Å². The van der Waals surface area contributed by atoms with Crippen LogP contribution in [0.4, 0.5) is 0 Å². The summed E-state index contributed by atoms with van der Waals surface area (Å²) in [5, 5.41) is 54.1. The fourth-order valence-corrected chi connectivity index (χ4v) is 9.43. The Kier molecular flexibility index (Phi) is 46.4. The zero-order valence-corrected chi connectivity index (χ0v) is 44.4. The third-order valence-corrected chi connectivity index (χ3v) is 14.0. The summed E-state index contributed by atoms with van der Waals surface area (Å²) in [7, 11) is 0. The van der Waals surface area contributed by atoms with Gasteiger partial charge in [0.25, 0.3) is 0 Å². The van der Waals surface area contributed by atoms with Crippen LogP contribution in [0.15, 0.2) is 36.5 Å². The Hall–Kier alpha value is -1.59. The second-order valence-electron chi connectivity index (χ2n) is 20.4. The van der Waals surface area contributed by atoms with E-state index in [1.165, 1.54) is 212 Å². The van der Waals surface area contributed by atoms with Gasteiger partial charge in [-0.3, -0.25) is 4.79 Å². The number of hydrogen-bond donors (Lipinski definition) is 6. The van der Waals surface area contributed by atoms with Gasteiger partial charge in [0.05, 0.1) is 25.4 Å². The molecule has 7 unspecified atom stereocenters. The minimum Gasteiger partial charge on any atom is -0.394 e. The Balaban J connectivity index is 2.01. The van der Waals surface area contributed by atoms with E-state index < -0.39 is 49.5 Å². The van der Waals surface area contributed by atoms with Gasteiger partial charge in [0.15, 0.2) is 6.29 Å². The van der Waals surface area contributed by atoms with E-state index >= 15 is 0 Å². The lowest BCUT2D eigenvalue weighted by molar-refractivity contribution is -0.302. The number of ether oxygens (including phenoxy) is 2. The first-order chi connectivity index (χ1) is 33.3. The van der Waals surface area contributed by atoms with Crippen LogP contribution in [0.2, 0.25) is 0 Å². The van der Waals surface area contributed by atoms with Crippen LogP contribution >= 0.6 is 0 Å². The Bertz CT molecular complexity index is 1160. The molecule has 0 aromatic rings. The van der Waals surface area contributed by atoms with Gasteiger partial charge >= 0.3 is 0 Å². The second kappa shape index (κ2) is 49.0. The molecule has 0 bridgehead atoms. The van der Waals surface area contributed by atoms with E-state index in [0.29, 0.717) is 6.42 Å². The van der Waals surface area contributed by atoms with Crippen molar-refractivity contribution in [1.29, 1.82) is 0 Å². The molecule has 68 heavy (non-hydrogen) atoms. The van der Waals surface area contributed by atoms with Crippen molar-refractivity contribution in [3.63, 3.8) is 0 Å². The summed E-state index contributed by atoms with van der Waals surface area (Å²) in [5.41, 5.74) is 0. The first kappa shape index (κ1) is 64.4. The van der Waals surface area contributed by atoms with E-state index in [1.54, 1.807) is 6.08 Å². The molecule has 6 N–H and O–H groups in total. The molecule has 0 saturated carbocycles. The molecule has 1 amide bonds. The summed E-state index contributed by atoms with van der Waals surface area (Å²) >= 11 is 0. The van der Waals surface area contributed by atoms with Crippen LogP contribution in [-0.2, 0) is 14.3 Å². The molecule has 1 fully saturated rings. The normalized spacial score (nSPS) is 19.8. The summed E-state index contributed by atoms with van der Waals surface area (Å²) < 4.78 is 11.2. The molecule has 0 aliphatic carbocycles.